The zero-order valence-corrected chi connectivity index (χ0v) is 29.8. The lowest BCUT2D eigenvalue weighted by atomic mass is 10.1. The number of para-hydroxylation sites is 1. The van der Waals surface area contributed by atoms with Crippen LogP contribution in [0.2, 0.25) is 0 Å². The number of anilines is 1. The Labute approximate surface area is 293 Å². The molecule has 50 heavy (non-hydrogen) atoms. The molecule has 14 nitrogen and oxygen atoms in total. The number of carbonyl (C=O) groups is 5. The number of likely N-dealkylation sites (tertiary alicyclic amines) is 2. The third kappa shape index (κ3) is 9.65. The van der Waals surface area contributed by atoms with E-state index in [0.29, 0.717) is 12.1 Å². The first kappa shape index (κ1) is 38.0. The summed E-state index contributed by atoms with van der Waals surface area (Å²) in [6.45, 7) is 10.7. The minimum absolute atomic E-state index is 0.00922. The lowest BCUT2D eigenvalue weighted by molar-refractivity contribution is -0.143. The monoisotopic (exact) mass is 695 g/mol. The number of ether oxygens (including phenoxy) is 4. The summed E-state index contributed by atoms with van der Waals surface area (Å²) in [5.41, 5.74) is 0.560. The van der Waals surface area contributed by atoms with Crippen molar-refractivity contribution in [1.82, 2.24) is 20.0 Å². The molecule has 2 fully saturated rings. The first-order chi connectivity index (χ1) is 23.7. The van der Waals surface area contributed by atoms with Crippen molar-refractivity contribution >= 4 is 35.8 Å². The number of nitrogens with zero attached hydrogens (tertiary/aromatic N) is 3. The maximum atomic E-state index is 14.4. The van der Waals surface area contributed by atoms with E-state index in [1.165, 1.54) is 18.9 Å². The van der Waals surface area contributed by atoms with Gasteiger partial charge in [0.15, 0.2) is 0 Å². The SMILES string of the molecule is CCOC(C)C(NC(=O)C(C)N(C)C(=O)OC(C)(C)C)C(=O)N1CCC2C1C(OC(=O)Nc1ccccc1)CN2C(=O)OCc1ccccc1. The van der Waals surface area contributed by atoms with E-state index in [0.717, 1.165) is 10.5 Å². The quantitative estimate of drug-likeness (QED) is 0.326. The number of fused-ring (bicyclic) bond motifs is 1. The van der Waals surface area contributed by atoms with Gasteiger partial charge in [0.05, 0.1) is 24.7 Å². The highest BCUT2D eigenvalue weighted by atomic mass is 16.6. The van der Waals surface area contributed by atoms with Gasteiger partial charge in [-0.25, -0.2) is 14.4 Å². The molecule has 14 heteroatoms. The zero-order valence-electron chi connectivity index (χ0n) is 29.8. The average molecular weight is 696 g/mol. The normalized spacial score (nSPS) is 20.2. The second kappa shape index (κ2) is 16.7. The van der Waals surface area contributed by atoms with Crippen LogP contribution in [0.3, 0.4) is 0 Å². The summed E-state index contributed by atoms with van der Waals surface area (Å²) < 4.78 is 22.7. The molecular weight excluding hydrogens is 646 g/mol. The molecule has 2 N–H and O–H groups in total. The molecule has 272 valence electrons. The van der Waals surface area contributed by atoms with Crippen LogP contribution >= 0.6 is 0 Å². The Hall–Kier alpha value is -4.85. The fraction of sp³-hybridized carbons (Fsp3) is 0.528. The van der Waals surface area contributed by atoms with Crippen molar-refractivity contribution in [2.45, 2.75) is 96.5 Å². The third-order valence-corrected chi connectivity index (χ3v) is 8.68. The molecule has 2 aromatic rings. The van der Waals surface area contributed by atoms with Gasteiger partial charge in [-0.15, -0.1) is 0 Å². The number of nitrogens with one attached hydrogen (secondary N) is 2. The maximum Gasteiger partial charge on any atom is 0.412 e. The molecule has 0 spiro atoms. The lowest BCUT2D eigenvalue weighted by Crippen LogP contribution is -2.60. The van der Waals surface area contributed by atoms with Gasteiger partial charge in [0.2, 0.25) is 11.8 Å². The number of hydrogen-bond acceptors (Lipinski definition) is 9. The van der Waals surface area contributed by atoms with Gasteiger partial charge in [0.25, 0.3) is 0 Å². The highest BCUT2D eigenvalue weighted by Gasteiger charge is 2.55. The number of likely N-dealkylation sites (N-methyl/N-ethyl adjacent to an activating group) is 1. The van der Waals surface area contributed by atoms with Gasteiger partial charge in [-0.1, -0.05) is 48.5 Å². The van der Waals surface area contributed by atoms with E-state index in [9.17, 15) is 24.0 Å². The Morgan fingerprint density at radius 2 is 1.60 bits per heavy atom. The molecule has 2 aliphatic rings. The highest BCUT2D eigenvalue weighted by molar-refractivity contribution is 5.92. The molecule has 6 unspecified atom stereocenters. The molecule has 0 saturated carbocycles. The minimum Gasteiger partial charge on any atom is -0.445 e. The molecule has 4 rings (SSSR count). The van der Waals surface area contributed by atoms with Crippen molar-refractivity contribution in [1.29, 1.82) is 0 Å². The van der Waals surface area contributed by atoms with Crippen LogP contribution in [0.5, 0.6) is 0 Å². The molecule has 2 heterocycles. The lowest BCUT2D eigenvalue weighted by Gasteiger charge is -2.34. The first-order valence-corrected chi connectivity index (χ1v) is 16.9. The molecule has 5 amide bonds. The second-order valence-corrected chi connectivity index (χ2v) is 13.4. The Kier molecular flexibility index (Phi) is 12.7. The van der Waals surface area contributed by atoms with Crippen molar-refractivity contribution in [3.63, 3.8) is 0 Å². The van der Waals surface area contributed by atoms with E-state index in [-0.39, 0.29) is 26.3 Å². The summed E-state index contributed by atoms with van der Waals surface area (Å²) in [6, 6.07) is 14.6. The van der Waals surface area contributed by atoms with E-state index in [4.69, 9.17) is 18.9 Å². The van der Waals surface area contributed by atoms with Gasteiger partial charge in [-0.2, -0.15) is 0 Å². The van der Waals surface area contributed by atoms with Crippen LogP contribution in [-0.4, -0.2) is 114 Å². The van der Waals surface area contributed by atoms with Gasteiger partial charge in [0, 0.05) is 25.9 Å². The second-order valence-electron chi connectivity index (χ2n) is 13.4. The third-order valence-electron chi connectivity index (χ3n) is 8.68. The highest BCUT2D eigenvalue weighted by Crippen LogP contribution is 2.35. The standard InChI is InChI=1S/C36H49N5O9/c1-8-47-24(3)29(38-31(42)23(2)39(7)34(45)50-36(4,5)6)32(43)40-20-19-27-30(40)28(49-33(44)37-26-17-13-10-14-18-26)21-41(27)35(46)48-22-25-15-11-9-12-16-25/h9-18,23-24,27-30H,8,19-22H2,1-7H3,(H,37,44)(H,38,42). The number of benzene rings is 2. The van der Waals surface area contributed by atoms with E-state index < -0.39 is 72.1 Å². The van der Waals surface area contributed by atoms with Crippen LogP contribution in [0.1, 0.15) is 53.5 Å². The minimum atomic E-state index is -1.16. The molecule has 2 aliphatic heterocycles. The fourth-order valence-electron chi connectivity index (χ4n) is 6.07. The maximum absolute atomic E-state index is 14.4. The van der Waals surface area contributed by atoms with E-state index in [1.54, 1.807) is 63.8 Å². The van der Waals surface area contributed by atoms with Gasteiger partial charge in [-0.05, 0) is 65.7 Å². The Bertz CT molecular complexity index is 1490. The summed E-state index contributed by atoms with van der Waals surface area (Å²) >= 11 is 0. The average Bonchev–Trinajstić information content (AvgIpc) is 3.66. The largest absolute Gasteiger partial charge is 0.445 e. The molecular formula is C36H49N5O9. The predicted octanol–water partition coefficient (Wildman–Crippen LogP) is 4.39. The summed E-state index contributed by atoms with van der Waals surface area (Å²) in [4.78, 5) is 71.3. The first-order valence-electron chi connectivity index (χ1n) is 16.9. The summed E-state index contributed by atoms with van der Waals surface area (Å²) in [6.07, 6.45) is -3.32. The molecule has 2 aromatic carbocycles. The molecule has 0 aromatic heterocycles. The van der Waals surface area contributed by atoms with E-state index in [1.807, 2.05) is 36.4 Å². The van der Waals surface area contributed by atoms with Crippen LogP contribution in [0.25, 0.3) is 0 Å². The number of hydrogen-bond donors (Lipinski definition) is 2. The van der Waals surface area contributed by atoms with E-state index >= 15 is 0 Å². The number of carbonyl (C=O) groups excluding carboxylic acids is 5. The molecule has 2 saturated heterocycles. The fourth-order valence-corrected chi connectivity index (χ4v) is 6.07. The van der Waals surface area contributed by atoms with Gasteiger partial charge < -0.3 is 29.2 Å². The van der Waals surface area contributed by atoms with Crippen LogP contribution in [-0.2, 0) is 35.1 Å². The number of amides is 5. The molecule has 0 bridgehead atoms. The Morgan fingerprint density at radius 1 is 0.960 bits per heavy atom. The summed E-state index contributed by atoms with van der Waals surface area (Å²) in [5.74, 6) is -1.07. The van der Waals surface area contributed by atoms with Crippen LogP contribution in [0.15, 0.2) is 60.7 Å². The topological polar surface area (TPSA) is 156 Å². The van der Waals surface area contributed by atoms with Gasteiger partial charge >= 0.3 is 18.3 Å². The van der Waals surface area contributed by atoms with Crippen LogP contribution < -0.4 is 10.6 Å². The molecule has 0 aliphatic carbocycles. The van der Waals surface area contributed by atoms with Crippen molar-refractivity contribution < 1.29 is 42.9 Å². The Morgan fingerprint density at radius 3 is 2.22 bits per heavy atom. The smallest absolute Gasteiger partial charge is 0.412 e. The zero-order chi connectivity index (χ0) is 36.6. The summed E-state index contributed by atoms with van der Waals surface area (Å²) in [5, 5.41) is 5.48. The summed E-state index contributed by atoms with van der Waals surface area (Å²) in [7, 11) is 1.44. The number of rotatable bonds is 11. The Balaban J connectivity index is 1.55. The van der Waals surface area contributed by atoms with Gasteiger partial charge in [0.1, 0.15) is 30.4 Å². The predicted molar refractivity (Wildman–Crippen MR) is 184 cm³/mol. The molecule has 6 atom stereocenters. The van der Waals surface area contributed by atoms with Crippen LogP contribution in [0.4, 0.5) is 20.1 Å². The molecule has 0 radical (unpaired) electrons. The van der Waals surface area contributed by atoms with E-state index in [2.05, 4.69) is 10.6 Å². The van der Waals surface area contributed by atoms with Crippen molar-refractivity contribution in [3.05, 3.63) is 66.2 Å². The van der Waals surface area contributed by atoms with Crippen molar-refractivity contribution in [3.8, 4) is 0 Å². The van der Waals surface area contributed by atoms with Crippen molar-refractivity contribution in [2.24, 2.45) is 0 Å². The van der Waals surface area contributed by atoms with Gasteiger partial charge in [-0.3, -0.25) is 24.7 Å². The van der Waals surface area contributed by atoms with Crippen LogP contribution in [0, 0.1) is 0 Å². The van der Waals surface area contributed by atoms with Crippen molar-refractivity contribution in [2.75, 3.05) is 32.1 Å².